The molecule has 1 unspecified atom stereocenters. The van der Waals surface area contributed by atoms with Crippen LogP contribution in [0.2, 0.25) is 0 Å². The Labute approximate surface area is 120 Å². The highest BCUT2D eigenvalue weighted by atomic mass is 16.4. The first kappa shape index (κ1) is 16.2. The molecule has 0 heterocycles. The topological polar surface area (TPSA) is 66.4 Å². The van der Waals surface area contributed by atoms with E-state index in [0.29, 0.717) is 19.4 Å². The van der Waals surface area contributed by atoms with Crippen molar-refractivity contribution in [2.24, 2.45) is 5.41 Å². The number of carbonyl (C=O) groups is 2. The highest BCUT2D eigenvalue weighted by Gasteiger charge is 2.26. The first-order valence-electron chi connectivity index (χ1n) is 6.88. The van der Waals surface area contributed by atoms with Crippen LogP contribution in [0.15, 0.2) is 30.3 Å². The van der Waals surface area contributed by atoms with Crippen LogP contribution in [0.4, 0.5) is 0 Å². The molecule has 4 nitrogen and oxygen atoms in total. The van der Waals surface area contributed by atoms with Crippen molar-refractivity contribution < 1.29 is 14.7 Å². The molecule has 0 aromatic heterocycles. The lowest BCUT2D eigenvalue weighted by molar-refractivity contribution is -0.147. The van der Waals surface area contributed by atoms with Gasteiger partial charge in [-0.25, -0.2) is 0 Å². The first-order valence-corrected chi connectivity index (χ1v) is 6.88. The Morgan fingerprint density at radius 3 is 2.40 bits per heavy atom. The maximum atomic E-state index is 11.8. The summed E-state index contributed by atoms with van der Waals surface area (Å²) in [7, 11) is 0. The van der Waals surface area contributed by atoms with Gasteiger partial charge in [-0.05, 0) is 31.7 Å². The molecule has 20 heavy (non-hydrogen) atoms. The van der Waals surface area contributed by atoms with Crippen LogP contribution in [0.25, 0.3) is 0 Å². The standard InChI is InChI=1S/C16H23NO3/c1-12(13-7-5-4-6-8-13)11-14(18)17-10-9-16(2,3)15(19)20/h4-8,12H,9-11H2,1-3H3,(H,17,18)(H,19,20). The molecule has 1 aromatic rings. The molecule has 0 saturated carbocycles. The lowest BCUT2D eigenvalue weighted by Crippen LogP contribution is -2.32. The van der Waals surface area contributed by atoms with E-state index < -0.39 is 11.4 Å². The Hall–Kier alpha value is -1.84. The van der Waals surface area contributed by atoms with Crippen LogP contribution in [0.5, 0.6) is 0 Å². The number of hydrogen-bond donors (Lipinski definition) is 2. The van der Waals surface area contributed by atoms with E-state index in [-0.39, 0.29) is 11.8 Å². The zero-order valence-corrected chi connectivity index (χ0v) is 12.3. The highest BCUT2D eigenvalue weighted by Crippen LogP contribution is 2.20. The van der Waals surface area contributed by atoms with Gasteiger partial charge in [0.1, 0.15) is 0 Å². The number of benzene rings is 1. The number of carbonyl (C=O) groups excluding carboxylic acids is 1. The minimum Gasteiger partial charge on any atom is -0.481 e. The number of carboxylic acid groups (broad SMARTS) is 1. The van der Waals surface area contributed by atoms with Crippen molar-refractivity contribution in [1.29, 1.82) is 0 Å². The molecule has 4 heteroatoms. The third-order valence-electron chi connectivity index (χ3n) is 3.51. The zero-order valence-electron chi connectivity index (χ0n) is 12.3. The van der Waals surface area contributed by atoms with Gasteiger partial charge in [-0.1, -0.05) is 37.3 Å². The Morgan fingerprint density at radius 1 is 1.25 bits per heavy atom. The fourth-order valence-electron chi connectivity index (χ4n) is 1.87. The average molecular weight is 277 g/mol. The van der Waals surface area contributed by atoms with Crippen LogP contribution in [-0.4, -0.2) is 23.5 Å². The van der Waals surface area contributed by atoms with E-state index in [4.69, 9.17) is 5.11 Å². The van der Waals surface area contributed by atoms with E-state index in [1.807, 2.05) is 37.3 Å². The predicted octanol–water partition coefficient (Wildman–Crippen LogP) is 2.80. The minimum absolute atomic E-state index is 0.0393. The lowest BCUT2D eigenvalue weighted by Gasteiger charge is -2.19. The van der Waals surface area contributed by atoms with Crippen LogP contribution >= 0.6 is 0 Å². The fourth-order valence-corrected chi connectivity index (χ4v) is 1.87. The fraction of sp³-hybridized carbons (Fsp3) is 0.500. The molecule has 0 aliphatic heterocycles. The Kier molecular flexibility index (Phi) is 5.74. The third kappa shape index (κ3) is 5.03. The van der Waals surface area contributed by atoms with Gasteiger partial charge in [-0.15, -0.1) is 0 Å². The monoisotopic (exact) mass is 277 g/mol. The molecule has 0 bridgehead atoms. The van der Waals surface area contributed by atoms with Gasteiger partial charge in [-0.3, -0.25) is 9.59 Å². The van der Waals surface area contributed by atoms with Crippen LogP contribution in [0, 0.1) is 5.41 Å². The molecule has 0 saturated heterocycles. The van der Waals surface area contributed by atoms with Gasteiger partial charge in [0.05, 0.1) is 5.41 Å². The molecular formula is C16H23NO3. The van der Waals surface area contributed by atoms with Crippen LogP contribution in [0.1, 0.15) is 45.1 Å². The Balaban J connectivity index is 2.36. The summed E-state index contributed by atoms with van der Waals surface area (Å²) in [5, 5.41) is 11.8. The molecular weight excluding hydrogens is 254 g/mol. The number of hydrogen-bond acceptors (Lipinski definition) is 2. The number of carboxylic acids is 1. The highest BCUT2D eigenvalue weighted by molar-refractivity contribution is 5.77. The van der Waals surface area contributed by atoms with Gasteiger partial charge in [0.15, 0.2) is 0 Å². The lowest BCUT2D eigenvalue weighted by atomic mass is 9.89. The maximum Gasteiger partial charge on any atom is 0.309 e. The van der Waals surface area contributed by atoms with Gasteiger partial charge in [0, 0.05) is 13.0 Å². The van der Waals surface area contributed by atoms with Crippen molar-refractivity contribution in [3.05, 3.63) is 35.9 Å². The van der Waals surface area contributed by atoms with Gasteiger partial charge >= 0.3 is 5.97 Å². The summed E-state index contributed by atoms with van der Waals surface area (Å²) in [6.45, 7) is 5.72. The summed E-state index contributed by atoms with van der Waals surface area (Å²) in [6.07, 6.45) is 0.839. The maximum absolute atomic E-state index is 11.8. The summed E-state index contributed by atoms with van der Waals surface area (Å²) in [5.74, 6) is -0.726. The van der Waals surface area contributed by atoms with Crippen molar-refractivity contribution >= 4 is 11.9 Å². The average Bonchev–Trinajstić information content (AvgIpc) is 2.39. The predicted molar refractivity (Wildman–Crippen MR) is 78.5 cm³/mol. The zero-order chi connectivity index (χ0) is 15.2. The second-order valence-electron chi connectivity index (χ2n) is 5.80. The molecule has 0 fully saturated rings. The summed E-state index contributed by atoms with van der Waals surface area (Å²) < 4.78 is 0. The van der Waals surface area contributed by atoms with E-state index in [1.54, 1.807) is 13.8 Å². The van der Waals surface area contributed by atoms with E-state index in [1.165, 1.54) is 0 Å². The molecule has 110 valence electrons. The number of nitrogens with one attached hydrogen (secondary N) is 1. The van der Waals surface area contributed by atoms with Crippen molar-refractivity contribution in [2.45, 2.75) is 39.5 Å². The quantitative estimate of drug-likeness (QED) is 0.805. The van der Waals surface area contributed by atoms with E-state index in [2.05, 4.69) is 5.32 Å². The van der Waals surface area contributed by atoms with Crippen molar-refractivity contribution in [3.8, 4) is 0 Å². The second-order valence-corrected chi connectivity index (χ2v) is 5.80. The number of aliphatic carboxylic acids is 1. The van der Waals surface area contributed by atoms with E-state index in [9.17, 15) is 9.59 Å². The molecule has 1 aromatic carbocycles. The van der Waals surface area contributed by atoms with Gasteiger partial charge in [0.25, 0.3) is 0 Å². The number of amides is 1. The SMILES string of the molecule is CC(CC(=O)NCCC(C)(C)C(=O)O)c1ccccc1. The van der Waals surface area contributed by atoms with Gasteiger partial charge < -0.3 is 10.4 Å². The molecule has 0 aliphatic rings. The van der Waals surface area contributed by atoms with Crippen LogP contribution in [-0.2, 0) is 9.59 Å². The molecule has 1 amide bonds. The molecule has 1 rings (SSSR count). The molecule has 1 atom stereocenters. The van der Waals surface area contributed by atoms with Crippen molar-refractivity contribution in [3.63, 3.8) is 0 Å². The van der Waals surface area contributed by atoms with Crippen molar-refractivity contribution in [2.75, 3.05) is 6.54 Å². The van der Waals surface area contributed by atoms with Crippen LogP contribution in [0.3, 0.4) is 0 Å². The number of rotatable bonds is 7. The van der Waals surface area contributed by atoms with Crippen LogP contribution < -0.4 is 5.32 Å². The largest absolute Gasteiger partial charge is 0.481 e. The van der Waals surface area contributed by atoms with E-state index >= 15 is 0 Å². The summed E-state index contributed by atoms with van der Waals surface area (Å²) in [5.41, 5.74) is 0.326. The molecule has 0 radical (unpaired) electrons. The Bertz CT molecular complexity index is 454. The summed E-state index contributed by atoms with van der Waals surface area (Å²) in [4.78, 5) is 22.8. The normalized spacial score (nSPS) is 12.8. The first-order chi connectivity index (χ1) is 9.33. The smallest absolute Gasteiger partial charge is 0.309 e. The Morgan fingerprint density at radius 2 is 1.85 bits per heavy atom. The third-order valence-corrected chi connectivity index (χ3v) is 3.51. The molecule has 2 N–H and O–H groups in total. The van der Waals surface area contributed by atoms with Gasteiger partial charge in [-0.2, -0.15) is 0 Å². The van der Waals surface area contributed by atoms with Gasteiger partial charge in [0.2, 0.25) is 5.91 Å². The van der Waals surface area contributed by atoms with Crippen molar-refractivity contribution in [1.82, 2.24) is 5.32 Å². The summed E-state index contributed by atoms with van der Waals surface area (Å²) in [6, 6.07) is 9.87. The second kappa shape index (κ2) is 7.08. The molecule has 0 spiro atoms. The minimum atomic E-state index is -0.843. The van der Waals surface area contributed by atoms with E-state index in [0.717, 1.165) is 5.56 Å². The molecule has 0 aliphatic carbocycles. The summed E-state index contributed by atoms with van der Waals surface area (Å²) >= 11 is 0.